The molecular formula is C6H14N2O2. The summed E-state index contributed by atoms with van der Waals surface area (Å²) in [6.45, 7) is 0.764. The lowest BCUT2D eigenvalue weighted by atomic mass is 10.2. The third-order valence-corrected chi connectivity index (χ3v) is 1.21. The molecule has 0 aromatic carbocycles. The van der Waals surface area contributed by atoms with Crippen LogP contribution in [-0.2, 0) is 4.79 Å². The van der Waals surface area contributed by atoms with E-state index < -0.39 is 5.97 Å². The Bertz CT molecular complexity index is 95.7. The summed E-state index contributed by atoms with van der Waals surface area (Å²) < 4.78 is 0. The Balaban J connectivity index is 2.84. The Morgan fingerprint density at radius 1 is 1.40 bits per heavy atom. The van der Waals surface area contributed by atoms with Gasteiger partial charge in [-0.25, -0.2) is 0 Å². The summed E-state index contributed by atoms with van der Waals surface area (Å²) >= 11 is 0. The molecule has 0 bridgehead atoms. The van der Waals surface area contributed by atoms with E-state index in [0.29, 0.717) is 0 Å². The monoisotopic (exact) mass is 146 g/mol. The van der Waals surface area contributed by atoms with Crippen LogP contribution in [0, 0.1) is 0 Å². The average Bonchev–Trinajstić information content (AvgIpc) is 1.87. The van der Waals surface area contributed by atoms with Gasteiger partial charge < -0.3 is 5.11 Å². The quantitative estimate of drug-likeness (QED) is 0.282. The van der Waals surface area contributed by atoms with E-state index in [1.165, 1.54) is 0 Å². The molecule has 0 amide bonds. The molecule has 0 heterocycles. The molecule has 0 aliphatic heterocycles. The van der Waals surface area contributed by atoms with Crippen LogP contribution in [0.3, 0.4) is 0 Å². The van der Waals surface area contributed by atoms with Gasteiger partial charge >= 0.3 is 5.97 Å². The number of carbonyl (C=O) groups is 1. The molecule has 0 rings (SSSR count). The van der Waals surface area contributed by atoms with Crippen molar-refractivity contribution >= 4 is 5.97 Å². The number of hydrogen-bond donors (Lipinski definition) is 3. The van der Waals surface area contributed by atoms with E-state index in [4.69, 9.17) is 10.9 Å². The first kappa shape index (κ1) is 9.39. The molecule has 0 aliphatic carbocycles. The van der Waals surface area contributed by atoms with Gasteiger partial charge in [0.1, 0.15) is 0 Å². The zero-order valence-corrected chi connectivity index (χ0v) is 5.97. The molecule has 0 aromatic heterocycles. The van der Waals surface area contributed by atoms with Gasteiger partial charge in [-0.1, -0.05) is 6.42 Å². The van der Waals surface area contributed by atoms with Crippen molar-refractivity contribution in [3.05, 3.63) is 0 Å². The fourth-order valence-corrected chi connectivity index (χ4v) is 0.680. The first-order chi connectivity index (χ1) is 4.77. The van der Waals surface area contributed by atoms with Gasteiger partial charge in [0.2, 0.25) is 0 Å². The van der Waals surface area contributed by atoms with Gasteiger partial charge in [0.25, 0.3) is 0 Å². The maximum Gasteiger partial charge on any atom is 0.303 e. The van der Waals surface area contributed by atoms with Crippen molar-refractivity contribution in [1.82, 2.24) is 5.43 Å². The third kappa shape index (κ3) is 7.39. The molecule has 4 heteroatoms. The Morgan fingerprint density at radius 2 is 2.10 bits per heavy atom. The fourth-order valence-electron chi connectivity index (χ4n) is 0.680. The molecule has 60 valence electrons. The minimum absolute atomic E-state index is 0.268. The number of unbranched alkanes of at least 4 members (excludes halogenated alkanes) is 2. The van der Waals surface area contributed by atoms with E-state index in [-0.39, 0.29) is 6.42 Å². The zero-order chi connectivity index (χ0) is 7.82. The molecule has 0 fully saturated rings. The van der Waals surface area contributed by atoms with E-state index in [0.717, 1.165) is 25.8 Å². The molecule has 0 atom stereocenters. The molecule has 0 saturated carbocycles. The average molecular weight is 146 g/mol. The van der Waals surface area contributed by atoms with Gasteiger partial charge in [0, 0.05) is 13.0 Å². The molecule has 4 nitrogen and oxygen atoms in total. The Labute approximate surface area is 60.4 Å². The minimum atomic E-state index is -0.722. The maximum absolute atomic E-state index is 9.99. The van der Waals surface area contributed by atoms with Crippen molar-refractivity contribution in [2.24, 2.45) is 5.84 Å². The van der Waals surface area contributed by atoms with Crippen LogP contribution in [0.15, 0.2) is 0 Å². The second-order valence-corrected chi connectivity index (χ2v) is 2.16. The summed E-state index contributed by atoms with van der Waals surface area (Å²) in [5.74, 6) is 4.28. The van der Waals surface area contributed by atoms with Gasteiger partial charge in [-0.3, -0.25) is 16.1 Å². The van der Waals surface area contributed by atoms with Crippen LogP contribution in [0.4, 0.5) is 0 Å². The number of nitrogens with two attached hydrogens (primary N) is 1. The van der Waals surface area contributed by atoms with Crippen molar-refractivity contribution in [1.29, 1.82) is 0 Å². The molecule has 0 aromatic rings. The molecule has 0 aliphatic rings. The second kappa shape index (κ2) is 6.51. The van der Waals surface area contributed by atoms with Crippen LogP contribution < -0.4 is 11.3 Å². The highest BCUT2D eigenvalue weighted by Crippen LogP contribution is 1.97. The largest absolute Gasteiger partial charge is 0.481 e. The van der Waals surface area contributed by atoms with Crippen molar-refractivity contribution in [3.8, 4) is 0 Å². The topological polar surface area (TPSA) is 75.3 Å². The van der Waals surface area contributed by atoms with Crippen molar-refractivity contribution in [2.45, 2.75) is 25.7 Å². The number of rotatable bonds is 6. The Hall–Kier alpha value is -0.610. The van der Waals surface area contributed by atoms with Gasteiger partial charge in [-0.2, -0.15) is 0 Å². The normalized spacial score (nSPS) is 9.70. The van der Waals surface area contributed by atoms with Crippen molar-refractivity contribution < 1.29 is 9.90 Å². The smallest absolute Gasteiger partial charge is 0.303 e. The summed E-state index contributed by atoms with van der Waals surface area (Å²) in [6, 6.07) is 0. The molecule has 4 N–H and O–H groups in total. The molecule has 0 saturated heterocycles. The highest BCUT2D eigenvalue weighted by Gasteiger charge is 1.94. The summed E-state index contributed by atoms with van der Waals surface area (Å²) in [4.78, 5) is 9.99. The molecule has 0 spiro atoms. The summed E-state index contributed by atoms with van der Waals surface area (Å²) in [5.41, 5.74) is 2.51. The summed E-state index contributed by atoms with van der Waals surface area (Å²) in [6.07, 6.45) is 2.89. The maximum atomic E-state index is 9.99. The highest BCUT2D eigenvalue weighted by atomic mass is 16.4. The van der Waals surface area contributed by atoms with Crippen LogP contribution in [-0.4, -0.2) is 17.6 Å². The van der Waals surface area contributed by atoms with E-state index in [2.05, 4.69) is 5.43 Å². The SMILES string of the molecule is NNCCCCCC(=O)O. The highest BCUT2D eigenvalue weighted by molar-refractivity contribution is 5.66. The summed E-state index contributed by atoms with van der Waals surface area (Å²) in [7, 11) is 0. The fraction of sp³-hybridized carbons (Fsp3) is 0.833. The van der Waals surface area contributed by atoms with Crippen LogP contribution in [0.25, 0.3) is 0 Å². The Morgan fingerprint density at radius 3 is 2.60 bits per heavy atom. The molecule has 0 radical (unpaired) electrons. The van der Waals surface area contributed by atoms with Crippen LogP contribution >= 0.6 is 0 Å². The van der Waals surface area contributed by atoms with Gasteiger partial charge in [0.05, 0.1) is 0 Å². The number of nitrogens with one attached hydrogen (secondary N) is 1. The standard InChI is InChI=1S/C6H14N2O2/c7-8-5-3-1-2-4-6(9)10/h8H,1-5,7H2,(H,9,10). The van der Waals surface area contributed by atoms with E-state index in [1.807, 2.05) is 0 Å². The predicted molar refractivity (Wildman–Crippen MR) is 38.3 cm³/mol. The Kier molecular flexibility index (Phi) is 6.11. The number of aliphatic carboxylic acids is 1. The van der Waals surface area contributed by atoms with Crippen molar-refractivity contribution in [2.75, 3.05) is 6.54 Å². The van der Waals surface area contributed by atoms with Crippen LogP contribution in [0.1, 0.15) is 25.7 Å². The summed E-state index contributed by atoms with van der Waals surface area (Å²) in [5, 5.41) is 8.23. The molecule has 10 heavy (non-hydrogen) atoms. The van der Waals surface area contributed by atoms with Gasteiger partial charge in [0.15, 0.2) is 0 Å². The van der Waals surface area contributed by atoms with Gasteiger partial charge in [-0.15, -0.1) is 0 Å². The number of carboxylic acids is 1. The second-order valence-electron chi connectivity index (χ2n) is 2.16. The third-order valence-electron chi connectivity index (χ3n) is 1.21. The number of hydrogen-bond acceptors (Lipinski definition) is 3. The predicted octanol–water partition coefficient (Wildman–Crippen LogP) is 0.0947. The van der Waals surface area contributed by atoms with Crippen molar-refractivity contribution in [3.63, 3.8) is 0 Å². The van der Waals surface area contributed by atoms with Crippen LogP contribution in [0.5, 0.6) is 0 Å². The molecule has 0 unspecified atom stereocenters. The first-order valence-electron chi connectivity index (χ1n) is 3.42. The molecular weight excluding hydrogens is 132 g/mol. The zero-order valence-electron chi connectivity index (χ0n) is 5.97. The number of carboxylic acid groups (broad SMARTS) is 1. The minimum Gasteiger partial charge on any atom is -0.481 e. The lowest BCUT2D eigenvalue weighted by molar-refractivity contribution is -0.137. The van der Waals surface area contributed by atoms with Crippen LogP contribution in [0.2, 0.25) is 0 Å². The van der Waals surface area contributed by atoms with E-state index in [9.17, 15) is 4.79 Å². The number of hydrazine groups is 1. The van der Waals surface area contributed by atoms with E-state index >= 15 is 0 Å². The van der Waals surface area contributed by atoms with Gasteiger partial charge in [-0.05, 0) is 12.8 Å². The lowest BCUT2D eigenvalue weighted by Crippen LogP contribution is -2.22. The lowest BCUT2D eigenvalue weighted by Gasteiger charge is -1.96. The first-order valence-corrected chi connectivity index (χ1v) is 3.42. The van der Waals surface area contributed by atoms with E-state index in [1.54, 1.807) is 0 Å².